The first-order valence-corrected chi connectivity index (χ1v) is 13.2. The van der Waals surface area contributed by atoms with Crippen LogP contribution < -0.4 is 15.3 Å². The SMILES string of the molecule is CCc1nn(CCCN2CCN(c3nsc4ccccc34)CC2)c(=O)n1CCOc1ccccc1. The molecule has 9 heteroatoms. The number of fused-ring (bicyclic) bond motifs is 1. The minimum absolute atomic E-state index is 0.0428. The molecule has 5 rings (SSSR count). The van der Waals surface area contributed by atoms with E-state index in [4.69, 9.17) is 9.11 Å². The molecule has 35 heavy (non-hydrogen) atoms. The summed E-state index contributed by atoms with van der Waals surface area (Å²) in [5, 5.41) is 5.84. The van der Waals surface area contributed by atoms with Gasteiger partial charge in [-0.25, -0.2) is 9.48 Å². The quantitative estimate of drug-likeness (QED) is 0.338. The van der Waals surface area contributed by atoms with Crippen molar-refractivity contribution >= 4 is 27.4 Å². The minimum atomic E-state index is -0.0428. The van der Waals surface area contributed by atoms with Crippen LogP contribution in [0.15, 0.2) is 59.4 Å². The highest BCUT2D eigenvalue weighted by Gasteiger charge is 2.20. The van der Waals surface area contributed by atoms with E-state index in [2.05, 4.69) is 39.2 Å². The molecule has 4 aromatic rings. The summed E-state index contributed by atoms with van der Waals surface area (Å²) in [7, 11) is 0. The number of hydrogen-bond acceptors (Lipinski definition) is 7. The zero-order valence-electron chi connectivity index (χ0n) is 20.2. The second-order valence-corrected chi connectivity index (χ2v) is 9.58. The summed E-state index contributed by atoms with van der Waals surface area (Å²) in [6.07, 6.45) is 1.63. The molecule has 2 aromatic heterocycles. The third kappa shape index (κ3) is 5.41. The highest BCUT2D eigenvalue weighted by molar-refractivity contribution is 7.13. The van der Waals surface area contributed by atoms with Crippen molar-refractivity contribution in [1.29, 1.82) is 0 Å². The van der Waals surface area contributed by atoms with Gasteiger partial charge in [-0.3, -0.25) is 9.47 Å². The Balaban J connectivity index is 1.10. The van der Waals surface area contributed by atoms with Crippen molar-refractivity contribution in [3.63, 3.8) is 0 Å². The van der Waals surface area contributed by atoms with Gasteiger partial charge >= 0.3 is 5.69 Å². The Morgan fingerprint density at radius 1 is 0.943 bits per heavy atom. The number of hydrogen-bond donors (Lipinski definition) is 0. The molecule has 0 spiro atoms. The second-order valence-electron chi connectivity index (χ2n) is 8.77. The maximum absolute atomic E-state index is 12.9. The summed E-state index contributed by atoms with van der Waals surface area (Å²) in [6.45, 7) is 8.54. The molecule has 0 saturated carbocycles. The number of aromatic nitrogens is 4. The average molecular weight is 493 g/mol. The summed E-state index contributed by atoms with van der Waals surface area (Å²) in [5.74, 6) is 2.75. The molecule has 0 unspecified atom stereocenters. The molecule has 1 fully saturated rings. The highest BCUT2D eigenvalue weighted by Crippen LogP contribution is 2.29. The van der Waals surface area contributed by atoms with E-state index in [0.29, 0.717) is 19.7 Å². The number of ether oxygens (including phenoxy) is 1. The van der Waals surface area contributed by atoms with Gasteiger partial charge in [0, 0.05) is 51.1 Å². The normalized spacial score (nSPS) is 14.6. The molecule has 184 valence electrons. The van der Waals surface area contributed by atoms with Crippen LogP contribution >= 0.6 is 11.5 Å². The van der Waals surface area contributed by atoms with Crippen LogP contribution in [0.5, 0.6) is 5.75 Å². The number of benzene rings is 2. The van der Waals surface area contributed by atoms with Crippen LogP contribution in [0.2, 0.25) is 0 Å². The van der Waals surface area contributed by atoms with Gasteiger partial charge in [-0.05, 0) is 42.2 Å². The minimum Gasteiger partial charge on any atom is -0.492 e. The maximum Gasteiger partial charge on any atom is 0.346 e. The molecule has 2 aromatic carbocycles. The summed E-state index contributed by atoms with van der Waals surface area (Å²) in [6, 6.07) is 18.1. The predicted octanol–water partition coefficient (Wildman–Crippen LogP) is 3.51. The van der Waals surface area contributed by atoms with E-state index in [1.807, 2.05) is 37.3 Å². The van der Waals surface area contributed by atoms with E-state index in [0.717, 1.165) is 63.0 Å². The van der Waals surface area contributed by atoms with Gasteiger partial charge in [0.1, 0.15) is 24.0 Å². The molecule has 0 bridgehead atoms. The number of aryl methyl sites for hydroxylation is 2. The van der Waals surface area contributed by atoms with E-state index in [1.165, 1.54) is 10.1 Å². The maximum atomic E-state index is 12.9. The molecular formula is C26H32N6O2S. The third-order valence-electron chi connectivity index (χ3n) is 6.52. The molecule has 3 heterocycles. The van der Waals surface area contributed by atoms with Crippen LogP contribution in [0.4, 0.5) is 5.82 Å². The topological polar surface area (TPSA) is 68.4 Å². The van der Waals surface area contributed by atoms with Crippen molar-refractivity contribution in [2.75, 3.05) is 44.2 Å². The van der Waals surface area contributed by atoms with Crippen molar-refractivity contribution in [2.24, 2.45) is 0 Å². The Morgan fingerprint density at radius 2 is 1.71 bits per heavy atom. The summed E-state index contributed by atoms with van der Waals surface area (Å²) in [4.78, 5) is 17.8. The van der Waals surface area contributed by atoms with Gasteiger partial charge in [-0.2, -0.15) is 9.47 Å². The molecule has 0 radical (unpaired) electrons. The van der Waals surface area contributed by atoms with E-state index < -0.39 is 0 Å². The van der Waals surface area contributed by atoms with Crippen LogP contribution in [-0.2, 0) is 19.5 Å². The largest absolute Gasteiger partial charge is 0.492 e. The fraction of sp³-hybridized carbons (Fsp3) is 0.423. The average Bonchev–Trinajstić information content (AvgIpc) is 3.46. The molecular weight excluding hydrogens is 460 g/mol. The van der Waals surface area contributed by atoms with Crippen molar-refractivity contribution < 1.29 is 4.74 Å². The van der Waals surface area contributed by atoms with Gasteiger partial charge in [0.25, 0.3) is 0 Å². The lowest BCUT2D eigenvalue weighted by Gasteiger charge is -2.35. The molecule has 1 aliphatic heterocycles. The zero-order valence-corrected chi connectivity index (χ0v) is 21.0. The summed E-state index contributed by atoms with van der Waals surface area (Å²) in [5.41, 5.74) is -0.0428. The Morgan fingerprint density at radius 3 is 2.51 bits per heavy atom. The third-order valence-corrected chi connectivity index (χ3v) is 7.33. The molecule has 0 N–H and O–H groups in total. The number of para-hydroxylation sites is 1. The van der Waals surface area contributed by atoms with Gasteiger partial charge in [-0.15, -0.1) is 0 Å². The van der Waals surface area contributed by atoms with E-state index in [9.17, 15) is 4.79 Å². The summed E-state index contributed by atoms with van der Waals surface area (Å²) < 4.78 is 15.1. The predicted molar refractivity (Wildman–Crippen MR) is 141 cm³/mol. The molecule has 0 atom stereocenters. The van der Waals surface area contributed by atoms with Crippen LogP contribution in [0.3, 0.4) is 0 Å². The van der Waals surface area contributed by atoms with Crippen molar-refractivity contribution in [2.45, 2.75) is 32.9 Å². The van der Waals surface area contributed by atoms with E-state index in [1.54, 1.807) is 20.8 Å². The molecule has 0 amide bonds. The van der Waals surface area contributed by atoms with Crippen molar-refractivity contribution in [3.05, 3.63) is 70.9 Å². The highest BCUT2D eigenvalue weighted by atomic mass is 32.1. The first-order chi connectivity index (χ1) is 17.2. The number of anilines is 1. The first kappa shape index (κ1) is 23.6. The Hall–Kier alpha value is -3.17. The van der Waals surface area contributed by atoms with Crippen LogP contribution in [0.25, 0.3) is 10.1 Å². The standard InChI is InChI=1S/C26H32N6O2S/c1-2-24-27-32(26(33)31(24)19-20-34-21-9-4-3-5-10-21)14-8-13-29-15-17-30(18-16-29)25-22-11-6-7-12-23(22)35-28-25/h3-7,9-12H,2,8,13-20H2,1H3. The Bertz CT molecular complexity index is 1290. The molecule has 1 aliphatic rings. The lowest BCUT2D eigenvalue weighted by molar-refractivity contribution is 0.248. The summed E-state index contributed by atoms with van der Waals surface area (Å²) >= 11 is 1.58. The first-order valence-electron chi connectivity index (χ1n) is 12.4. The lowest BCUT2D eigenvalue weighted by Crippen LogP contribution is -2.47. The van der Waals surface area contributed by atoms with Crippen molar-refractivity contribution in [1.82, 2.24) is 23.6 Å². The van der Waals surface area contributed by atoms with Crippen LogP contribution in [-0.4, -0.2) is 63.0 Å². The van der Waals surface area contributed by atoms with Gasteiger partial charge in [-0.1, -0.05) is 37.3 Å². The van der Waals surface area contributed by atoms with Gasteiger partial charge in [0.2, 0.25) is 0 Å². The van der Waals surface area contributed by atoms with Gasteiger partial charge in [0.05, 0.1) is 11.2 Å². The smallest absolute Gasteiger partial charge is 0.346 e. The van der Waals surface area contributed by atoms with E-state index >= 15 is 0 Å². The van der Waals surface area contributed by atoms with Crippen molar-refractivity contribution in [3.8, 4) is 5.75 Å². The van der Waals surface area contributed by atoms with Crippen LogP contribution in [0.1, 0.15) is 19.2 Å². The zero-order chi connectivity index (χ0) is 24.0. The van der Waals surface area contributed by atoms with E-state index in [-0.39, 0.29) is 5.69 Å². The second kappa shape index (κ2) is 11.0. The molecule has 0 aliphatic carbocycles. The monoisotopic (exact) mass is 492 g/mol. The number of rotatable bonds is 10. The van der Waals surface area contributed by atoms with Gasteiger partial charge in [0.15, 0.2) is 0 Å². The molecule has 8 nitrogen and oxygen atoms in total. The number of piperazine rings is 1. The Kier molecular flexibility index (Phi) is 7.44. The molecule has 1 saturated heterocycles. The van der Waals surface area contributed by atoms with Gasteiger partial charge < -0.3 is 9.64 Å². The van der Waals surface area contributed by atoms with Crippen LogP contribution in [0, 0.1) is 0 Å². The fourth-order valence-electron chi connectivity index (χ4n) is 4.62. The Labute approximate surface area is 209 Å². The number of nitrogens with zero attached hydrogens (tertiary/aromatic N) is 6. The lowest BCUT2D eigenvalue weighted by atomic mass is 10.2. The fourth-order valence-corrected chi connectivity index (χ4v) is 5.41.